The fourth-order valence-electron chi connectivity index (χ4n) is 4.14. The highest BCUT2D eigenvalue weighted by atomic mass is 16.6. The second-order valence-corrected chi connectivity index (χ2v) is 8.97. The number of unbranched alkanes of at least 4 members (excludes halogenated alkanes) is 1. The number of aliphatic hydroxyl groups excluding tert-OH is 1. The van der Waals surface area contributed by atoms with E-state index < -0.39 is 6.23 Å². The quantitative estimate of drug-likeness (QED) is 0.282. The van der Waals surface area contributed by atoms with E-state index in [2.05, 4.69) is 51.8 Å². The lowest BCUT2D eigenvalue weighted by Gasteiger charge is -2.32. The predicted molar refractivity (Wildman–Crippen MR) is 147 cm³/mol. The maximum absolute atomic E-state index is 11.8. The van der Waals surface area contributed by atoms with E-state index >= 15 is 0 Å². The number of rotatable bonds is 14. The first-order valence-corrected chi connectivity index (χ1v) is 13.2. The van der Waals surface area contributed by atoms with Crippen molar-refractivity contribution in [1.29, 1.82) is 0 Å². The van der Waals surface area contributed by atoms with Crippen molar-refractivity contribution in [1.82, 2.24) is 25.1 Å². The van der Waals surface area contributed by atoms with Gasteiger partial charge in [-0.05, 0) is 50.4 Å². The van der Waals surface area contributed by atoms with Crippen LogP contribution in [0.25, 0.3) is 6.08 Å². The number of nitrogens with two attached hydrogens (primary N) is 1. The Morgan fingerprint density at radius 2 is 1.89 bits per heavy atom. The lowest BCUT2D eigenvalue weighted by atomic mass is 10.1. The van der Waals surface area contributed by atoms with Gasteiger partial charge < -0.3 is 36.0 Å². The first kappa shape index (κ1) is 28.2. The number of ether oxygens (including phenoxy) is 1. The molecule has 202 valence electrons. The summed E-state index contributed by atoms with van der Waals surface area (Å²) < 4.78 is 5.06. The van der Waals surface area contributed by atoms with E-state index in [1.807, 2.05) is 31.0 Å². The van der Waals surface area contributed by atoms with E-state index in [1.165, 1.54) is 5.56 Å². The molecule has 5 N–H and O–H groups in total. The van der Waals surface area contributed by atoms with E-state index in [0.29, 0.717) is 43.3 Å². The molecule has 0 fully saturated rings. The minimum Gasteiger partial charge on any atom is -0.450 e. The summed E-state index contributed by atoms with van der Waals surface area (Å²) in [5.41, 5.74) is 9.49. The Morgan fingerprint density at radius 3 is 2.59 bits per heavy atom. The Hall–Kier alpha value is -3.37. The molecule has 0 spiro atoms. The van der Waals surface area contributed by atoms with E-state index in [1.54, 1.807) is 4.90 Å². The molecular formula is C27H41N7O3. The van der Waals surface area contributed by atoms with Gasteiger partial charge in [0.1, 0.15) is 5.82 Å². The summed E-state index contributed by atoms with van der Waals surface area (Å²) in [6, 6.07) is 8.41. The van der Waals surface area contributed by atoms with Crippen LogP contribution in [0, 0.1) is 0 Å². The lowest BCUT2D eigenvalue weighted by Crippen LogP contribution is -2.37. The molecule has 2 aromatic rings. The SMILES string of the molecule is CCCCNc1nc(N)nc2c1C(O)N(Cc1ccc(CCNCCN(CC)C(=O)OCC)cc1)C=C2. The molecule has 3 rings (SSSR count). The molecule has 0 saturated heterocycles. The number of benzene rings is 1. The van der Waals surface area contributed by atoms with Gasteiger partial charge in [0.05, 0.1) is 17.9 Å². The summed E-state index contributed by atoms with van der Waals surface area (Å²) in [6.07, 6.45) is 5.53. The van der Waals surface area contributed by atoms with E-state index in [4.69, 9.17) is 10.5 Å². The minimum atomic E-state index is -0.870. The molecule has 1 aromatic carbocycles. The van der Waals surface area contributed by atoms with Crippen LogP contribution >= 0.6 is 0 Å². The topological polar surface area (TPSA) is 129 Å². The number of nitrogens with zero attached hydrogens (tertiary/aromatic N) is 4. The maximum Gasteiger partial charge on any atom is 0.409 e. The molecule has 0 aliphatic carbocycles. The van der Waals surface area contributed by atoms with Crippen LogP contribution in [0.4, 0.5) is 16.6 Å². The van der Waals surface area contributed by atoms with Crippen LogP contribution in [0.3, 0.4) is 0 Å². The van der Waals surface area contributed by atoms with E-state index in [-0.39, 0.29) is 12.0 Å². The van der Waals surface area contributed by atoms with Gasteiger partial charge in [0.15, 0.2) is 6.23 Å². The van der Waals surface area contributed by atoms with Gasteiger partial charge in [0, 0.05) is 38.9 Å². The Morgan fingerprint density at radius 1 is 1.14 bits per heavy atom. The summed E-state index contributed by atoms with van der Waals surface area (Å²) in [5.74, 6) is 0.778. The Balaban J connectivity index is 1.50. The number of carbonyl (C=O) groups excluding carboxylic acids is 1. The number of aromatic nitrogens is 2. The average Bonchev–Trinajstić information content (AvgIpc) is 2.88. The fourth-order valence-corrected chi connectivity index (χ4v) is 4.14. The zero-order valence-electron chi connectivity index (χ0n) is 22.2. The van der Waals surface area contributed by atoms with Crippen molar-refractivity contribution in [3.8, 4) is 0 Å². The number of hydrogen-bond donors (Lipinski definition) is 4. The molecule has 1 aromatic heterocycles. The molecule has 37 heavy (non-hydrogen) atoms. The normalized spacial score (nSPS) is 14.4. The van der Waals surface area contributed by atoms with Gasteiger partial charge in [0.25, 0.3) is 0 Å². The van der Waals surface area contributed by atoms with Gasteiger partial charge in [-0.3, -0.25) is 0 Å². The standard InChI is InChI=1S/C27H41N7O3/c1-4-7-14-30-24-23-22(31-26(28)32-24)13-17-34(25(23)35)19-21-10-8-20(9-11-21)12-15-29-16-18-33(5-2)27(36)37-6-3/h8-11,13,17,25,29,35H,4-7,12,14-16,18-19H2,1-3H3,(H3,28,30,31,32). The third-order valence-corrected chi connectivity index (χ3v) is 6.26. The summed E-state index contributed by atoms with van der Waals surface area (Å²) >= 11 is 0. The zero-order valence-corrected chi connectivity index (χ0v) is 22.2. The number of hydrogen-bond acceptors (Lipinski definition) is 9. The second-order valence-electron chi connectivity index (χ2n) is 8.97. The van der Waals surface area contributed by atoms with Crippen molar-refractivity contribution in [3.05, 3.63) is 52.8 Å². The molecule has 0 bridgehead atoms. The van der Waals surface area contributed by atoms with Gasteiger partial charge >= 0.3 is 6.09 Å². The highest BCUT2D eigenvalue weighted by Gasteiger charge is 2.27. The van der Waals surface area contributed by atoms with Gasteiger partial charge in [0.2, 0.25) is 5.95 Å². The second kappa shape index (κ2) is 14.4. The lowest BCUT2D eigenvalue weighted by molar-refractivity contribution is 0.0296. The molecule has 2 heterocycles. The molecular weight excluding hydrogens is 470 g/mol. The number of aliphatic hydroxyl groups is 1. The van der Waals surface area contributed by atoms with Crippen LogP contribution in [0.1, 0.15) is 62.2 Å². The van der Waals surface area contributed by atoms with Gasteiger partial charge in [-0.15, -0.1) is 0 Å². The third kappa shape index (κ3) is 8.06. The molecule has 10 heteroatoms. The number of nitrogens with one attached hydrogen (secondary N) is 2. The highest BCUT2D eigenvalue weighted by Crippen LogP contribution is 2.33. The van der Waals surface area contributed by atoms with Crippen molar-refractivity contribution >= 4 is 23.9 Å². The first-order chi connectivity index (χ1) is 18.0. The van der Waals surface area contributed by atoms with Crippen LogP contribution in [0.15, 0.2) is 30.5 Å². The molecule has 1 aliphatic rings. The van der Waals surface area contributed by atoms with Crippen molar-refractivity contribution in [2.45, 2.75) is 52.8 Å². The smallest absolute Gasteiger partial charge is 0.409 e. The predicted octanol–water partition coefficient (Wildman–Crippen LogP) is 3.36. The molecule has 0 saturated carbocycles. The summed E-state index contributed by atoms with van der Waals surface area (Å²) in [5, 5.41) is 17.8. The number of carbonyl (C=O) groups is 1. The van der Waals surface area contributed by atoms with Crippen LogP contribution in [0.5, 0.6) is 0 Å². The largest absolute Gasteiger partial charge is 0.450 e. The number of fused-ring (bicyclic) bond motifs is 1. The fraction of sp³-hybridized carbons (Fsp3) is 0.519. The summed E-state index contributed by atoms with van der Waals surface area (Å²) in [4.78, 5) is 24.0. The van der Waals surface area contributed by atoms with Gasteiger partial charge in [-0.25, -0.2) is 9.78 Å². The van der Waals surface area contributed by atoms with Crippen molar-refractivity contribution in [3.63, 3.8) is 0 Å². The number of amides is 1. The molecule has 1 aliphatic heterocycles. The monoisotopic (exact) mass is 511 g/mol. The zero-order chi connectivity index (χ0) is 26.6. The number of nitrogen functional groups attached to an aromatic ring is 1. The van der Waals surface area contributed by atoms with Crippen LogP contribution < -0.4 is 16.4 Å². The first-order valence-electron chi connectivity index (χ1n) is 13.2. The van der Waals surface area contributed by atoms with Gasteiger partial charge in [-0.1, -0.05) is 37.6 Å². The highest BCUT2D eigenvalue weighted by molar-refractivity contribution is 5.67. The Bertz CT molecular complexity index is 1030. The third-order valence-electron chi connectivity index (χ3n) is 6.26. The Labute approximate surface area is 219 Å². The maximum atomic E-state index is 11.8. The molecule has 1 unspecified atom stereocenters. The van der Waals surface area contributed by atoms with Gasteiger partial charge in [-0.2, -0.15) is 4.98 Å². The molecule has 0 radical (unpaired) electrons. The van der Waals surface area contributed by atoms with E-state index in [0.717, 1.165) is 44.5 Å². The molecule has 1 atom stereocenters. The van der Waals surface area contributed by atoms with Crippen molar-refractivity contribution < 1.29 is 14.6 Å². The number of likely N-dealkylation sites (N-methyl/N-ethyl adjacent to an activating group) is 1. The van der Waals surface area contributed by atoms with Crippen molar-refractivity contribution in [2.24, 2.45) is 0 Å². The van der Waals surface area contributed by atoms with Crippen LogP contribution in [-0.4, -0.2) is 70.3 Å². The molecule has 10 nitrogen and oxygen atoms in total. The Kier molecular flexibility index (Phi) is 11.0. The molecule has 1 amide bonds. The minimum absolute atomic E-state index is 0.190. The van der Waals surface area contributed by atoms with Crippen LogP contribution in [-0.2, 0) is 17.7 Å². The van der Waals surface area contributed by atoms with Crippen LogP contribution in [0.2, 0.25) is 0 Å². The summed E-state index contributed by atoms with van der Waals surface area (Å²) in [7, 11) is 0. The number of anilines is 2. The van der Waals surface area contributed by atoms with Crippen molar-refractivity contribution in [2.75, 3.05) is 50.4 Å². The average molecular weight is 512 g/mol. The summed E-state index contributed by atoms with van der Waals surface area (Å²) in [6.45, 7) is 10.4. The van der Waals surface area contributed by atoms with E-state index in [9.17, 15) is 9.90 Å².